The fraction of sp³-hybridized carbons (Fsp3) is 0.923. The van der Waals surface area contributed by atoms with Crippen molar-refractivity contribution in [3.05, 3.63) is 0 Å². The van der Waals surface area contributed by atoms with Crippen molar-refractivity contribution in [3.8, 4) is 0 Å². The minimum atomic E-state index is -2.95. The van der Waals surface area contributed by atoms with Gasteiger partial charge in [-0.15, -0.1) is 0 Å². The molecule has 0 unspecified atom stereocenters. The van der Waals surface area contributed by atoms with Crippen LogP contribution in [-0.2, 0) is 14.6 Å². The molecule has 2 aliphatic carbocycles. The number of rotatable bonds is 3. The van der Waals surface area contributed by atoms with Gasteiger partial charge < -0.3 is 4.90 Å². The van der Waals surface area contributed by atoms with E-state index in [9.17, 15) is 13.2 Å². The molecule has 1 saturated heterocycles. The second-order valence-corrected chi connectivity index (χ2v) is 8.24. The molecule has 3 rings (SSSR count). The lowest BCUT2D eigenvalue weighted by Crippen LogP contribution is -2.44. The zero-order valence-electron chi connectivity index (χ0n) is 10.7. The molecule has 0 spiro atoms. The minimum absolute atomic E-state index is 0.0851. The molecule has 1 atom stereocenters. The zero-order valence-corrected chi connectivity index (χ0v) is 11.5. The smallest absolute Gasteiger partial charge is 0.227 e. The Morgan fingerprint density at radius 2 is 1.56 bits per heavy atom. The summed E-state index contributed by atoms with van der Waals surface area (Å²) in [5.74, 6) is 0.163. The third kappa shape index (κ3) is 2.42. The zero-order chi connectivity index (χ0) is 12.8. The van der Waals surface area contributed by atoms with E-state index in [0.29, 0.717) is 18.5 Å². The van der Waals surface area contributed by atoms with Gasteiger partial charge >= 0.3 is 0 Å². The van der Waals surface area contributed by atoms with Crippen molar-refractivity contribution >= 4 is 15.7 Å². The molecule has 3 aliphatic rings. The molecule has 0 aromatic heterocycles. The van der Waals surface area contributed by atoms with E-state index in [1.807, 2.05) is 0 Å². The number of carbonyl (C=O) groups excluding carboxylic acids is 1. The summed E-state index contributed by atoms with van der Waals surface area (Å²) in [6.45, 7) is 0. The van der Waals surface area contributed by atoms with Crippen LogP contribution in [0.1, 0.15) is 44.9 Å². The van der Waals surface area contributed by atoms with Crippen LogP contribution in [0.15, 0.2) is 0 Å². The topological polar surface area (TPSA) is 54.5 Å². The Hall–Kier alpha value is -0.580. The Morgan fingerprint density at radius 1 is 0.944 bits per heavy atom. The van der Waals surface area contributed by atoms with E-state index in [2.05, 4.69) is 4.90 Å². The van der Waals surface area contributed by atoms with Gasteiger partial charge in [0.05, 0.1) is 17.4 Å². The highest BCUT2D eigenvalue weighted by Crippen LogP contribution is 2.36. The van der Waals surface area contributed by atoms with Crippen molar-refractivity contribution in [3.63, 3.8) is 0 Å². The molecule has 4 nitrogen and oxygen atoms in total. The fourth-order valence-corrected chi connectivity index (χ4v) is 5.13. The van der Waals surface area contributed by atoms with Crippen molar-refractivity contribution in [1.82, 2.24) is 4.90 Å². The second kappa shape index (κ2) is 4.51. The van der Waals surface area contributed by atoms with Crippen molar-refractivity contribution in [2.24, 2.45) is 5.92 Å². The van der Waals surface area contributed by atoms with Crippen molar-refractivity contribution in [2.75, 3.05) is 11.5 Å². The number of sulfone groups is 1. The van der Waals surface area contributed by atoms with Gasteiger partial charge in [-0.3, -0.25) is 4.79 Å². The molecule has 18 heavy (non-hydrogen) atoms. The van der Waals surface area contributed by atoms with Gasteiger partial charge in [-0.2, -0.15) is 0 Å². The molecule has 0 radical (unpaired) electrons. The maximum absolute atomic E-state index is 12.6. The van der Waals surface area contributed by atoms with Crippen LogP contribution in [0.4, 0.5) is 0 Å². The molecule has 102 valence electrons. The normalized spacial score (nSPS) is 31.7. The summed E-state index contributed by atoms with van der Waals surface area (Å²) < 4.78 is 23.0. The van der Waals surface area contributed by atoms with Crippen LogP contribution in [0.2, 0.25) is 0 Å². The van der Waals surface area contributed by atoms with Crippen molar-refractivity contribution in [2.45, 2.75) is 57.0 Å². The molecule has 0 aromatic carbocycles. The second-order valence-electron chi connectivity index (χ2n) is 6.01. The van der Waals surface area contributed by atoms with Gasteiger partial charge in [-0.25, -0.2) is 8.42 Å². The summed E-state index contributed by atoms with van der Waals surface area (Å²) in [4.78, 5) is 14.6. The van der Waals surface area contributed by atoms with E-state index in [-0.39, 0.29) is 23.3 Å². The van der Waals surface area contributed by atoms with Gasteiger partial charge in [0, 0.05) is 12.1 Å². The maximum atomic E-state index is 12.6. The summed E-state index contributed by atoms with van der Waals surface area (Å²) in [6.07, 6.45) is 7.41. The van der Waals surface area contributed by atoms with E-state index in [0.717, 1.165) is 25.7 Å². The Balaban J connectivity index is 1.72. The molecule has 1 amide bonds. The average Bonchev–Trinajstić information content (AvgIpc) is 2.86. The Bertz CT molecular complexity index is 435. The highest BCUT2D eigenvalue weighted by atomic mass is 32.2. The summed E-state index contributed by atoms with van der Waals surface area (Å²) in [6, 6.07) is 0.817. The van der Waals surface area contributed by atoms with Crippen LogP contribution in [0, 0.1) is 5.92 Å². The van der Waals surface area contributed by atoms with Crippen molar-refractivity contribution in [1.29, 1.82) is 0 Å². The van der Waals surface area contributed by atoms with E-state index < -0.39 is 9.84 Å². The summed E-state index contributed by atoms with van der Waals surface area (Å²) in [5, 5.41) is 0. The first-order valence-corrected chi connectivity index (χ1v) is 8.91. The highest BCUT2D eigenvalue weighted by molar-refractivity contribution is 7.91. The summed E-state index contributed by atoms with van der Waals surface area (Å²) in [7, 11) is -2.95. The number of nitrogens with zero attached hydrogens (tertiary/aromatic N) is 1. The summed E-state index contributed by atoms with van der Waals surface area (Å²) >= 11 is 0. The number of hydrogen-bond acceptors (Lipinski definition) is 3. The first kappa shape index (κ1) is 12.5. The standard InChI is InChI=1S/C13H21NO3S/c15-13(10-7-8-18(16,17)9-10)14(12-5-6-12)11-3-1-2-4-11/h10-12H,1-9H2/t10-/m1/s1. The molecule has 1 heterocycles. The molecule has 2 saturated carbocycles. The van der Waals surface area contributed by atoms with E-state index in [1.54, 1.807) is 0 Å². The van der Waals surface area contributed by atoms with Crippen LogP contribution in [0.3, 0.4) is 0 Å². The van der Waals surface area contributed by atoms with Crippen LogP contribution >= 0.6 is 0 Å². The van der Waals surface area contributed by atoms with Crippen LogP contribution < -0.4 is 0 Å². The largest absolute Gasteiger partial charge is 0.336 e. The molecule has 0 N–H and O–H groups in total. The number of amides is 1. The lowest BCUT2D eigenvalue weighted by molar-refractivity contribution is -0.137. The average molecular weight is 271 g/mol. The Morgan fingerprint density at radius 3 is 2.06 bits per heavy atom. The fourth-order valence-electron chi connectivity index (χ4n) is 3.39. The van der Waals surface area contributed by atoms with Crippen LogP contribution in [0.5, 0.6) is 0 Å². The van der Waals surface area contributed by atoms with Gasteiger partial charge in [-0.1, -0.05) is 12.8 Å². The minimum Gasteiger partial charge on any atom is -0.336 e. The van der Waals surface area contributed by atoms with Gasteiger partial charge in [-0.05, 0) is 32.1 Å². The molecule has 0 bridgehead atoms. The first-order chi connectivity index (χ1) is 8.57. The van der Waals surface area contributed by atoms with Gasteiger partial charge in [0.2, 0.25) is 5.91 Å². The van der Waals surface area contributed by atoms with E-state index in [1.165, 1.54) is 12.8 Å². The first-order valence-electron chi connectivity index (χ1n) is 7.09. The van der Waals surface area contributed by atoms with Crippen LogP contribution in [0.25, 0.3) is 0 Å². The predicted octanol–water partition coefficient (Wildman–Crippen LogP) is 1.35. The molecular weight excluding hydrogens is 250 g/mol. The predicted molar refractivity (Wildman–Crippen MR) is 68.9 cm³/mol. The molecule has 3 fully saturated rings. The molecule has 5 heteroatoms. The maximum Gasteiger partial charge on any atom is 0.227 e. The van der Waals surface area contributed by atoms with Crippen molar-refractivity contribution < 1.29 is 13.2 Å². The summed E-state index contributed by atoms with van der Waals surface area (Å²) in [5.41, 5.74) is 0. The quantitative estimate of drug-likeness (QED) is 0.778. The Kier molecular flexibility index (Phi) is 3.12. The van der Waals surface area contributed by atoms with E-state index >= 15 is 0 Å². The lowest BCUT2D eigenvalue weighted by atomic mass is 10.1. The lowest BCUT2D eigenvalue weighted by Gasteiger charge is -2.31. The third-order valence-electron chi connectivity index (χ3n) is 4.49. The third-order valence-corrected chi connectivity index (χ3v) is 6.26. The molecule has 1 aliphatic heterocycles. The number of hydrogen-bond donors (Lipinski definition) is 0. The Labute approximate surface area is 109 Å². The van der Waals surface area contributed by atoms with Crippen LogP contribution in [-0.4, -0.2) is 42.8 Å². The van der Waals surface area contributed by atoms with Gasteiger partial charge in [0.1, 0.15) is 0 Å². The SMILES string of the molecule is O=C([C@@H]1CCS(=O)(=O)C1)N(C1CCCC1)C1CC1. The van der Waals surface area contributed by atoms with Gasteiger partial charge in [0.25, 0.3) is 0 Å². The number of carbonyl (C=O) groups is 1. The highest BCUT2D eigenvalue weighted by Gasteiger charge is 2.43. The molecular formula is C13H21NO3S. The monoisotopic (exact) mass is 271 g/mol. The van der Waals surface area contributed by atoms with E-state index in [4.69, 9.17) is 0 Å². The van der Waals surface area contributed by atoms with Gasteiger partial charge in [0.15, 0.2) is 9.84 Å². The molecule has 0 aromatic rings.